The molecule has 5 nitrogen and oxygen atoms in total. The topological polar surface area (TPSA) is 50.8 Å². The van der Waals surface area contributed by atoms with E-state index in [2.05, 4.69) is 5.32 Å². The third kappa shape index (κ3) is 5.22. The van der Waals surface area contributed by atoms with Crippen LogP contribution < -0.4 is 14.8 Å². The number of amides is 1. The largest absolute Gasteiger partial charge is 0.493 e. The standard InChI is InChI=1S/C17H28N2O3/c1-7-22-15-9-8-14(10-16(15)21-6)11-19(5)13(4)17(20)18-12(2)3/h8-10,12-13H,7,11H2,1-6H3,(H,18,20)/t13-/m0/s1. The summed E-state index contributed by atoms with van der Waals surface area (Å²) < 4.78 is 10.9. The fourth-order valence-corrected chi connectivity index (χ4v) is 2.12. The van der Waals surface area contributed by atoms with Gasteiger partial charge in [0.2, 0.25) is 5.91 Å². The summed E-state index contributed by atoms with van der Waals surface area (Å²) in [5.74, 6) is 1.49. The van der Waals surface area contributed by atoms with Crippen LogP contribution in [-0.2, 0) is 11.3 Å². The normalized spacial score (nSPS) is 12.4. The summed E-state index contributed by atoms with van der Waals surface area (Å²) >= 11 is 0. The Labute approximate surface area is 133 Å². The molecule has 0 saturated carbocycles. The van der Waals surface area contributed by atoms with Crippen molar-refractivity contribution in [2.75, 3.05) is 20.8 Å². The van der Waals surface area contributed by atoms with Crippen molar-refractivity contribution in [2.45, 2.75) is 46.3 Å². The predicted octanol–water partition coefficient (Wildman–Crippen LogP) is 2.44. The number of carbonyl (C=O) groups is 1. The van der Waals surface area contributed by atoms with E-state index in [1.807, 2.05) is 57.8 Å². The molecule has 0 aliphatic heterocycles. The molecule has 1 N–H and O–H groups in total. The molecule has 0 saturated heterocycles. The minimum atomic E-state index is -0.194. The molecule has 0 aromatic heterocycles. The second kappa shape index (κ2) is 8.63. The minimum Gasteiger partial charge on any atom is -0.493 e. The highest BCUT2D eigenvalue weighted by molar-refractivity contribution is 5.81. The monoisotopic (exact) mass is 308 g/mol. The van der Waals surface area contributed by atoms with Crippen molar-refractivity contribution in [2.24, 2.45) is 0 Å². The number of benzene rings is 1. The maximum atomic E-state index is 12.1. The van der Waals surface area contributed by atoms with Crippen molar-refractivity contribution in [1.29, 1.82) is 0 Å². The molecule has 0 bridgehead atoms. The maximum Gasteiger partial charge on any atom is 0.237 e. The van der Waals surface area contributed by atoms with Crippen molar-refractivity contribution in [3.8, 4) is 11.5 Å². The van der Waals surface area contributed by atoms with Gasteiger partial charge in [-0.15, -0.1) is 0 Å². The molecule has 0 spiro atoms. The molecule has 0 radical (unpaired) electrons. The number of hydrogen-bond donors (Lipinski definition) is 1. The Hall–Kier alpha value is -1.75. The van der Waals surface area contributed by atoms with Crippen LogP contribution in [0.25, 0.3) is 0 Å². The lowest BCUT2D eigenvalue weighted by atomic mass is 10.1. The Balaban J connectivity index is 2.75. The number of likely N-dealkylation sites (N-methyl/N-ethyl adjacent to an activating group) is 1. The van der Waals surface area contributed by atoms with Gasteiger partial charge in [-0.1, -0.05) is 6.07 Å². The van der Waals surface area contributed by atoms with Crippen LogP contribution in [0.1, 0.15) is 33.3 Å². The number of methoxy groups -OCH3 is 1. The molecular formula is C17H28N2O3. The summed E-state index contributed by atoms with van der Waals surface area (Å²) in [6, 6.07) is 5.81. The number of nitrogens with zero attached hydrogens (tertiary/aromatic N) is 1. The van der Waals surface area contributed by atoms with Crippen molar-refractivity contribution in [3.05, 3.63) is 23.8 Å². The van der Waals surface area contributed by atoms with E-state index in [0.717, 1.165) is 11.3 Å². The summed E-state index contributed by atoms with van der Waals surface area (Å²) in [5.41, 5.74) is 1.08. The van der Waals surface area contributed by atoms with Gasteiger partial charge in [0.1, 0.15) is 0 Å². The maximum absolute atomic E-state index is 12.1. The van der Waals surface area contributed by atoms with Crippen LogP contribution >= 0.6 is 0 Å². The molecule has 1 amide bonds. The minimum absolute atomic E-state index is 0.0374. The smallest absolute Gasteiger partial charge is 0.237 e. The molecule has 0 heterocycles. The molecule has 0 aliphatic rings. The van der Waals surface area contributed by atoms with Crippen molar-refractivity contribution < 1.29 is 14.3 Å². The molecular weight excluding hydrogens is 280 g/mol. The van der Waals surface area contributed by atoms with E-state index < -0.39 is 0 Å². The number of hydrogen-bond acceptors (Lipinski definition) is 4. The molecule has 1 aromatic carbocycles. The Morgan fingerprint density at radius 2 is 1.95 bits per heavy atom. The summed E-state index contributed by atoms with van der Waals surface area (Å²) in [4.78, 5) is 14.1. The number of nitrogens with one attached hydrogen (secondary N) is 1. The van der Waals surface area contributed by atoms with Crippen molar-refractivity contribution in [1.82, 2.24) is 10.2 Å². The van der Waals surface area contributed by atoms with E-state index in [0.29, 0.717) is 18.9 Å². The summed E-state index contributed by atoms with van der Waals surface area (Å²) in [6.45, 7) is 9.03. The van der Waals surface area contributed by atoms with Crippen molar-refractivity contribution in [3.63, 3.8) is 0 Å². The van der Waals surface area contributed by atoms with E-state index in [1.54, 1.807) is 7.11 Å². The first-order valence-electron chi connectivity index (χ1n) is 7.69. The Morgan fingerprint density at radius 3 is 2.50 bits per heavy atom. The highest BCUT2D eigenvalue weighted by Gasteiger charge is 2.19. The zero-order chi connectivity index (χ0) is 16.7. The first kappa shape index (κ1) is 18.3. The fourth-order valence-electron chi connectivity index (χ4n) is 2.12. The van der Waals surface area contributed by atoms with E-state index >= 15 is 0 Å². The lowest BCUT2D eigenvalue weighted by Gasteiger charge is -2.25. The molecule has 0 aliphatic carbocycles. The number of rotatable bonds is 8. The van der Waals surface area contributed by atoms with Gasteiger partial charge in [0, 0.05) is 12.6 Å². The first-order chi connectivity index (χ1) is 10.4. The highest BCUT2D eigenvalue weighted by Crippen LogP contribution is 2.28. The van der Waals surface area contributed by atoms with E-state index in [4.69, 9.17) is 9.47 Å². The van der Waals surface area contributed by atoms with Crippen LogP contribution in [0.5, 0.6) is 11.5 Å². The lowest BCUT2D eigenvalue weighted by Crippen LogP contribution is -2.45. The second-order valence-electron chi connectivity index (χ2n) is 5.67. The fraction of sp³-hybridized carbons (Fsp3) is 0.588. The van der Waals surface area contributed by atoms with Gasteiger partial charge in [-0.3, -0.25) is 9.69 Å². The molecule has 5 heteroatoms. The molecule has 1 aromatic rings. The summed E-state index contributed by atoms with van der Waals surface area (Å²) in [7, 11) is 3.57. The third-order valence-electron chi connectivity index (χ3n) is 3.43. The lowest BCUT2D eigenvalue weighted by molar-refractivity contribution is -0.126. The van der Waals surface area contributed by atoms with Gasteiger partial charge in [0.05, 0.1) is 19.8 Å². The van der Waals surface area contributed by atoms with Crippen LogP contribution in [0.2, 0.25) is 0 Å². The second-order valence-corrected chi connectivity index (χ2v) is 5.67. The average Bonchev–Trinajstić information content (AvgIpc) is 2.47. The number of ether oxygens (including phenoxy) is 2. The van der Waals surface area contributed by atoms with E-state index in [9.17, 15) is 4.79 Å². The third-order valence-corrected chi connectivity index (χ3v) is 3.43. The average molecular weight is 308 g/mol. The molecule has 1 atom stereocenters. The molecule has 1 rings (SSSR count). The van der Waals surface area contributed by atoms with Gasteiger partial charge in [-0.05, 0) is 52.4 Å². The SMILES string of the molecule is CCOc1ccc(CN(C)[C@@H](C)C(=O)NC(C)C)cc1OC. The van der Waals surface area contributed by atoms with Crippen LogP contribution in [0, 0.1) is 0 Å². The van der Waals surface area contributed by atoms with Crippen LogP contribution in [0.15, 0.2) is 18.2 Å². The molecule has 0 unspecified atom stereocenters. The highest BCUT2D eigenvalue weighted by atomic mass is 16.5. The van der Waals surface area contributed by atoms with Crippen LogP contribution in [0.4, 0.5) is 0 Å². The summed E-state index contributed by atoms with van der Waals surface area (Å²) in [5, 5.41) is 2.93. The van der Waals surface area contributed by atoms with Crippen LogP contribution in [0.3, 0.4) is 0 Å². The quantitative estimate of drug-likeness (QED) is 0.801. The van der Waals surface area contributed by atoms with E-state index in [-0.39, 0.29) is 18.0 Å². The Kier molecular flexibility index (Phi) is 7.18. The Bertz CT molecular complexity index is 489. The predicted molar refractivity (Wildman–Crippen MR) is 88.4 cm³/mol. The summed E-state index contributed by atoms with van der Waals surface area (Å²) in [6.07, 6.45) is 0. The zero-order valence-electron chi connectivity index (χ0n) is 14.5. The van der Waals surface area contributed by atoms with Crippen molar-refractivity contribution >= 4 is 5.91 Å². The van der Waals surface area contributed by atoms with Gasteiger partial charge in [-0.25, -0.2) is 0 Å². The van der Waals surface area contributed by atoms with Gasteiger partial charge >= 0.3 is 0 Å². The van der Waals surface area contributed by atoms with E-state index in [1.165, 1.54) is 0 Å². The van der Waals surface area contributed by atoms with Gasteiger partial charge in [0.15, 0.2) is 11.5 Å². The van der Waals surface area contributed by atoms with Gasteiger partial charge in [-0.2, -0.15) is 0 Å². The van der Waals surface area contributed by atoms with Crippen LogP contribution in [-0.4, -0.2) is 43.7 Å². The van der Waals surface area contributed by atoms with Gasteiger partial charge < -0.3 is 14.8 Å². The molecule has 124 valence electrons. The Morgan fingerprint density at radius 1 is 1.27 bits per heavy atom. The van der Waals surface area contributed by atoms with Gasteiger partial charge in [0.25, 0.3) is 0 Å². The first-order valence-corrected chi connectivity index (χ1v) is 7.69. The zero-order valence-corrected chi connectivity index (χ0v) is 14.5. The number of carbonyl (C=O) groups excluding carboxylic acids is 1. The molecule has 22 heavy (non-hydrogen) atoms. The molecule has 0 fully saturated rings.